The number of anilines is 2. The van der Waals surface area contributed by atoms with Crippen LogP contribution in [0, 0.1) is 0 Å². The Morgan fingerprint density at radius 1 is 1.00 bits per heavy atom. The van der Waals surface area contributed by atoms with E-state index in [4.69, 9.17) is 0 Å². The van der Waals surface area contributed by atoms with Crippen LogP contribution in [0.3, 0.4) is 0 Å². The highest BCUT2D eigenvalue weighted by Crippen LogP contribution is 2.32. The lowest BCUT2D eigenvalue weighted by Crippen LogP contribution is -2.24. The monoisotopic (exact) mass is 354 g/mol. The van der Waals surface area contributed by atoms with E-state index in [0.717, 1.165) is 29.9 Å². The van der Waals surface area contributed by atoms with Gasteiger partial charge in [-0.1, -0.05) is 45.9 Å². The molecule has 1 aromatic carbocycles. The van der Waals surface area contributed by atoms with Crippen molar-refractivity contribution in [2.45, 2.75) is 53.4 Å². The Labute approximate surface area is 156 Å². The Hall–Kier alpha value is -2.43. The van der Waals surface area contributed by atoms with Crippen LogP contribution in [0.2, 0.25) is 0 Å². The minimum absolute atomic E-state index is 0.175. The maximum Gasteiger partial charge on any atom is 0.258 e. The van der Waals surface area contributed by atoms with Gasteiger partial charge in [-0.3, -0.25) is 4.79 Å². The summed E-state index contributed by atoms with van der Waals surface area (Å²) in [6.07, 6.45) is 3.20. The number of nitrogens with one attached hydrogen (secondary N) is 1. The van der Waals surface area contributed by atoms with Gasteiger partial charge in [-0.15, -0.1) is 0 Å². The third kappa shape index (κ3) is 4.40. The molecule has 5 heteroatoms. The number of aromatic nitrogens is 2. The molecule has 0 unspecified atom stereocenters. The Bertz CT molecular complexity index is 708. The molecular weight excluding hydrogens is 324 g/mol. The molecule has 1 amide bonds. The molecule has 1 aromatic heterocycles. The molecule has 26 heavy (non-hydrogen) atoms. The van der Waals surface area contributed by atoms with Crippen LogP contribution in [0.1, 0.15) is 74.9 Å². The van der Waals surface area contributed by atoms with Crippen LogP contribution in [0.5, 0.6) is 0 Å². The zero-order chi connectivity index (χ0) is 19.3. The van der Waals surface area contributed by atoms with Gasteiger partial charge in [0.05, 0.1) is 5.56 Å². The van der Waals surface area contributed by atoms with E-state index < -0.39 is 0 Å². The van der Waals surface area contributed by atoms with E-state index >= 15 is 0 Å². The zero-order valence-corrected chi connectivity index (χ0v) is 16.7. The third-order valence-electron chi connectivity index (χ3n) is 4.56. The molecular formula is C21H30N4O. The summed E-state index contributed by atoms with van der Waals surface area (Å²) >= 11 is 0. The van der Waals surface area contributed by atoms with Crippen molar-refractivity contribution >= 4 is 17.5 Å². The molecule has 0 aliphatic heterocycles. The second-order valence-electron chi connectivity index (χ2n) is 7.02. The van der Waals surface area contributed by atoms with Gasteiger partial charge in [-0.05, 0) is 36.8 Å². The fourth-order valence-electron chi connectivity index (χ4n) is 2.99. The fraction of sp³-hybridized carbons (Fsp3) is 0.476. The lowest BCUT2D eigenvalue weighted by atomic mass is 9.92. The predicted molar refractivity (Wildman–Crippen MR) is 108 cm³/mol. The van der Waals surface area contributed by atoms with Crippen LogP contribution >= 0.6 is 0 Å². The maximum atomic E-state index is 12.8. The van der Waals surface area contributed by atoms with E-state index in [1.54, 1.807) is 12.4 Å². The third-order valence-corrected chi connectivity index (χ3v) is 4.56. The van der Waals surface area contributed by atoms with Gasteiger partial charge < -0.3 is 10.2 Å². The van der Waals surface area contributed by atoms with E-state index in [1.165, 1.54) is 0 Å². The van der Waals surface area contributed by atoms with Gasteiger partial charge in [-0.2, -0.15) is 0 Å². The highest BCUT2D eigenvalue weighted by atomic mass is 16.1. The molecule has 1 heterocycles. The summed E-state index contributed by atoms with van der Waals surface area (Å²) in [5, 5.41) is 3.10. The minimum Gasteiger partial charge on any atom is -0.341 e. The second kappa shape index (κ2) is 8.79. The molecule has 0 fully saturated rings. The maximum absolute atomic E-state index is 12.8. The topological polar surface area (TPSA) is 58.1 Å². The Balaban J connectivity index is 2.30. The molecule has 5 nitrogen and oxygen atoms in total. The molecule has 0 radical (unpaired) electrons. The van der Waals surface area contributed by atoms with Crippen LogP contribution in [0.25, 0.3) is 0 Å². The molecule has 0 bridgehead atoms. The average molecular weight is 354 g/mol. The molecule has 0 aliphatic rings. The zero-order valence-electron chi connectivity index (χ0n) is 16.7. The first-order valence-corrected chi connectivity index (χ1v) is 9.40. The van der Waals surface area contributed by atoms with Crippen LogP contribution in [-0.4, -0.2) is 29.0 Å². The van der Waals surface area contributed by atoms with Crippen molar-refractivity contribution in [3.05, 3.63) is 47.3 Å². The average Bonchev–Trinajstić information content (AvgIpc) is 2.63. The second-order valence-corrected chi connectivity index (χ2v) is 7.02. The van der Waals surface area contributed by atoms with Crippen molar-refractivity contribution in [3.63, 3.8) is 0 Å². The van der Waals surface area contributed by atoms with E-state index in [1.807, 2.05) is 4.90 Å². The minimum atomic E-state index is -0.175. The van der Waals surface area contributed by atoms with E-state index in [2.05, 4.69) is 75.0 Å². The summed E-state index contributed by atoms with van der Waals surface area (Å²) in [5.41, 5.74) is 3.67. The SMILES string of the molecule is CCN(CC)c1ncc(C(=O)Nc2c(C(C)C)cccc2C(C)C)cn1. The van der Waals surface area contributed by atoms with Gasteiger partial charge in [0.2, 0.25) is 5.95 Å². The summed E-state index contributed by atoms with van der Waals surface area (Å²) in [5.74, 6) is 1.12. The molecule has 0 saturated carbocycles. The summed E-state index contributed by atoms with van der Waals surface area (Å²) in [6.45, 7) is 14.3. The van der Waals surface area contributed by atoms with Crippen LogP contribution in [-0.2, 0) is 0 Å². The molecule has 0 aliphatic carbocycles. The lowest BCUT2D eigenvalue weighted by molar-refractivity contribution is 0.102. The quantitative estimate of drug-likeness (QED) is 0.774. The number of benzene rings is 1. The number of nitrogens with zero attached hydrogens (tertiary/aromatic N) is 3. The summed E-state index contributed by atoms with van der Waals surface area (Å²) < 4.78 is 0. The van der Waals surface area contributed by atoms with E-state index in [0.29, 0.717) is 23.3 Å². The Morgan fingerprint density at radius 3 is 1.92 bits per heavy atom. The molecule has 0 atom stereocenters. The predicted octanol–water partition coefficient (Wildman–Crippen LogP) is 4.82. The van der Waals surface area contributed by atoms with Crippen LogP contribution in [0.15, 0.2) is 30.6 Å². The van der Waals surface area contributed by atoms with Crippen molar-refractivity contribution in [3.8, 4) is 0 Å². The van der Waals surface area contributed by atoms with Crippen molar-refractivity contribution < 1.29 is 4.79 Å². The largest absolute Gasteiger partial charge is 0.341 e. The summed E-state index contributed by atoms with van der Waals surface area (Å²) in [4.78, 5) is 23.5. The molecule has 0 saturated heterocycles. The standard InChI is InChI=1S/C21H30N4O/c1-7-25(8-2)21-22-12-16(13-23-21)20(26)24-19-17(14(3)4)10-9-11-18(19)15(5)6/h9-15H,7-8H2,1-6H3,(H,24,26). The van der Waals surface area contributed by atoms with Gasteiger partial charge >= 0.3 is 0 Å². The normalized spacial score (nSPS) is 11.1. The first kappa shape index (κ1) is 19.9. The van der Waals surface area contributed by atoms with Gasteiger partial charge in [0, 0.05) is 31.2 Å². The van der Waals surface area contributed by atoms with Gasteiger partial charge in [-0.25, -0.2) is 9.97 Å². The molecule has 2 aromatic rings. The van der Waals surface area contributed by atoms with E-state index in [-0.39, 0.29) is 5.91 Å². The van der Waals surface area contributed by atoms with Crippen molar-refractivity contribution in [1.29, 1.82) is 0 Å². The number of para-hydroxylation sites is 1. The van der Waals surface area contributed by atoms with Crippen molar-refractivity contribution in [2.75, 3.05) is 23.3 Å². The van der Waals surface area contributed by atoms with E-state index in [9.17, 15) is 4.79 Å². The first-order valence-electron chi connectivity index (χ1n) is 9.40. The number of amides is 1. The Morgan fingerprint density at radius 2 is 1.50 bits per heavy atom. The van der Waals surface area contributed by atoms with Crippen molar-refractivity contribution in [1.82, 2.24) is 9.97 Å². The molecule has 2 rings (SSSR count). The number of rotatable bonds is 7. The smallest absolute Gasteiger partial charge is 0.258 e. The van der Waals surface area contributed by atoms with Gasteiger partial charge in [0.1, 0.15) is 0 Å². The molecule has 0 spiro atoms. The number of carbonyl (C=O) groups is 1. The summed E-state index contributed by atoms with van der Waals surface area (Å²) in [7, 11) is 0. The molecule has 1 N–H and O–H groups in total. The first-order chi connectivity index (χ1) is 12.4. The number of carbonyl (C=O) groups excluding carboxylic acids is 1. The van der Waals surface area contributed by atoms with Crippen LogP contribution < -0.4 is 10.2 Å². The highest BCUT2D eigenvalue weighted by molar-refractivity contribution is 6.04. The van der Waals surface area contributed by atoms with Crippen LogP contribution in [0.4, 0.5) is 11.6 Å². The van der Waals surface area contributed by atoms with Gasteiger partial charge in [0.15, 0.2) is 0 Å². The lowest BCUT2D eigenvalue weighted by Gasteiger charge is -2.20. The Kier molecular flexibility index (Phi) is 6.72. The fourth-order valence-corrected chi connectivity index (χ4v) is 2.99. The number of hydrogen-bond acceptors (Lipinski definition) is 4. The highest BCUT2D eigenvalue weighted by Gasteiger charge is 2.17. The van der Waals surface area contributed by atoms with Crippen molar-refractivity contribution in [2.24, 2.45) is 0 Å². The number of hydrogen-bond donors (Lipinski definition) is 1. The summed E-state index contributed by atoms with van der Waals surface area (Å²) in [6, 6.07) is 6.21. The van der Waals surface area contributed by atoms with Gasteiger partial charge in [0.25, 0.3) is 5.91 Å². The molecule has 140 valence electrons.